The van der Waals surface area contributed by atoms with Crippen LogP contribution in [0.3, 0.4) is 0 Å². The number of para-hydroxylation sites is 3. The van der Waals surface area contributed by atoms with Crippen LogP contribution in [0, 0.1) is 0 Å². The van der Waals surface area contributed by atoms with Crippen molar-refractivity contribution in [1.82, 2.24) is 19.5 Å². The minimum atomic E-state index is 0.182. The number of imidazole rings is 1. The van der Waals surface area contributed by atoms with Gasteiger partial charge in [0.15, 0.2) is 0 Å². The molecule has 2 N–H and O–H groups in total. The van der Waals surface area contributed by atoms with Gasteiger partial charge in [0.05, 0.1) is 22.2 Å². The summed E-state index contributed by atoms with van der Waals surface area (Å²) in [5.74, 6) is 1.08. The highest BCUT2D eigenvalue weighted by molar-refractivity contribution is 5.98. The van der Waals surface area contributed by atoms with Gasteiger partial charge in [-0.3, -0.25) is 0 Å². The molecule has 0 aliphatic heterocycles. The second-order valence-corrected chi connectivity index (χ2v) is 7.46. The summed E-state index contributed by atoms with van der Waals surface area (Å²) in [5, 5.41) is 12.3. The lowest BCUT2D eigenvalue weighted by atomic mass is 10.1. The van der Waals surface area contributed by atoms with E-state index in [-0.39, 0.29) is 5.75 Å². The molecule has 0 radical (unpaired) electrons. The normalized spacial score (nSPS) is 11.6. The van der Waals surface area contributed by atoms with Crippen LogP contribution in [-0.4, -0.2) is 24.6 Å². The van der Waals surface area contributed by atoms with Crippen LogP contribution in [0.2, 0.25) is 0 Å². The predicted molar refractivity (Wildman–Crippen MR) is 120 cm³/mol. The van der Waals surface area contributed by atoms with Crippen molar-refractivity contribution < 1.29 is 5.11 Å². The molecule has 0 aliphatic carbocycles. The Morgan fingerprint density at radius 2 is 1.57 bits per heavy atom. The van der Waals surface area contributed by atoms with Gasteiger partial charge in [0.25, 0.3) is 0 Å². The second kappa shape index (κ2) is 6.19. The summed E-state index contributed by atoms with van der Waals surface area (Å²) in [5.41, 5.74) is 6.39. The summed E-state index contributed by atoms with van der Waals surface area (Å²) in [6, 6.07) is 23.8. The van der Waals surface area contributed by atoms with E-state index in [1.54, 1.807) is 6.07 Å². The molecule has 0 bridgehead atoms. The number of nitrogens with one attached hydrogen (secondary N) is 1. The summed E-state index contributed by atoms with van der Waals surface area (Å²) >= 11 is 0. The standard InChI is InChI=1S/C25H18N4O/c1-29-20-9-4-7-17(19-12-11-15-6-3-10-21(30)23(15)27-19)24(20)28-25(29)18-8-2-5-16-13-14-26-22(16)18/h2-14,26,30H,1H3. The lowest BCUT2D eigenvalue weighted by Crippen LogP contribution is -1.93. The van der Waals surface area contributed by atoms with E-state index in [2.05, 4.69) is 39.9 Å². The molecule has 6 aromatic rings. The van der Waals surface area contributed by atoms with Crippen molar-refractivity contribution in [3.63, 3.8) is 0 Å². The quantitative estimate of drug-likeness (QED) is 0.402. The average Bonchev–Trinajstić information content (AvgIpc) is 3.38. The molecule has 0 atom stereocenters. The SMILES string of the molecule is Cn1c(-c2cccc3cc[nH]c23)nc2c(-c3ccc4cccc(O)c4n3)cccc21. The fourth-order valence-electron chi connectivity index (χ4n) is 4.21. The van der Waals surface area contributed by atoms with Gasteiger partial charge in [-0.25, -0.2) is 9.97 Å². The van der Waals surface area contributed by atoms with Crippen LogP contribution >= 0.6 is 0 Å². The van der Waals surface area contributed by atoms with E-state index in [9.17, 15) is 5.11 Å². The zero-order valence-electron chi connectivity index (χ0n) is 16.3. The Morgan fingerprint density at radius 3 is 2.50 bits per heavy atom. The first-order chi connectivity index (χ1) is 14.7. The molecule has 0 spiro atoms. The minimum absolute atomic E-state index is 0.182. The van der Waals surface area contributed by atoms with Gasteiger partial charge in [0.2, 0.25) is 0 Å². The number of aromatic amines is 1. The Hall–Kier alpha value is -4.12. The van der Waals surface area contributed by atoms with Crippen LogP contribution in [0.5, 0.6) is 5.75 Å². The number of pyridine rings is 1. The molecule has 144 valence electrons. The molecular formula is C25H18N4O. The van der Waals surface area contributed by atoms with Crippen molar-refractivity contribution in [2.45, 2.75) is 0 Å². The van der Waals surface area contributed by atoms with Gasteiger partial charge in [-0.05, 0) is 30.3 Å². The zero-order valence-corrected chi connectivity index (χ0v) is 16.3. The highest BCUT2D eigenvalue weighted by Gasteiger charge is 2.17. The van der Waals surface area contributed by atoms with E-state index in [4.69, 9.17) is 9.97 Å². The van der Waals surface area contributed by atoms with Gasteiger partial charge < -0.3 is 14.7 Å². The number of H-pyrrole nitrogens is 1. The summed E-state index contributed by atoms with van der Waals surface area (Å²) in [7, 11) is 2.04. The highest BCUT2D eigenvalue weighted by Crippen LogP contribution is 2.34. The first-order valence-electron chi connectivity index (χ1n) is 9.82. The van der Waals surface area contributed by atoms with E-state index in [1.807, 2.05) is 49.6 Å². The molecule has 0 saturated carbocycles. The van der Waals surface area contributed by atoms with Gasteiger partial charge in [-0.15, -0.1) is 0 Å². The number of phenolic OH excluding ortho intramolecular Hbond substituents is 1. The van der Waals surface area contributed by atoms with Crippen molar-refractivity contribution in [2.75, 3.05) is 0 Å². The van der Waals surface area contributed by atoms with Gasteiger partial charge in [-0.2, -0.15) is 0 Å². The van der Waals surface area contributed by atoms with Crippen LogP contribution in [-0.2, 0) is 7.05 Å². The minimum Gasteiger partial charge on any atom is -0.506 e. The Bertz CT molecular complexity index is 1580. The Labute approximate surface area is 172 Å². The number of hydrogen-bond acceptors (Lipinski definition) is 3. The monoisotopic (exact) mass is 390 g/mol. The van der Waals surface area contributed by atoms with Crippen LogP contribution < -0.4 is 0 Å². The smallest absolute Gasteiger partial charge is 0.143 e. The maximum Gasteiger partial charge on any atom is 0.143 e. The van der Waals surface area contributed by atoms with E-state index in [1.165, 1.54) is 0 Å². The molecule has 3 heterocycles. The van der Waals surface area contributed by atoms with Crippen molar-refractivity contribution >= 4 is 32.8 Å². The van der Waals surface area contributed by atoms with Crippen molar-refractivity contribution in [3.8, 4) is 28.4 Å². The highest BCUT2D eigenvalue weighted by atomic mass is 16.3. The Balaban J connectivity index is 1.61. The lowest BCUT2D eigenvalue weighted by molar-refractivity contribution is 0.480. The number of aromatic hydroxyl groups is 1. The molecule has 0 saturated heterocycles. The van der Waals surface area contributed by atoms with E-state index >= 15 is 0 Å². The summed E-state index contributed by atoms with van der Waals surface area (Å²) in [4.78, 5) is 13.1. The Morgan fingerprint density at radius 1 is 0.767 bits per heavy atom. The van der Waals surface area contributed by atoms with Crippen molar-refractivity contribution in [2.24, 2.45) is 7.05 Å². The largest absolute Gasteiger partial charge is 0.506 e. The molecule has 0 unspecified atom stereocenters. The molecule has 30 heavy (non-hydrogen) atoms. The molecular weight excluding hydrogens is 372 g/mol. The number of aryl methyl sites for hydroxylation is 1. The lowest BCUT2D eigenvalue weighted by Gasteiger charge is -2.06. The first kappa shape index (κ1) is 16.8. The topological polar surface area (TPSA) is 66.7 Å². The number of rotatable bonds is 2. The fraction of sp³-hybridized carbons (Fsp3) is 0.0400. The van der Waals surface area contributed by atoms with Gasteiger partial charge >= 0.3 is 0 Å². The summed E-state index contributed by atoms with van der Waals surface area (Å²) in [6.45, 7) is 0. The third-order valence-electron chi connectivity index (χ3n) is 5.71. The first-order valence-corrected chi connectivity index (χ1v) is 9.82. The van der Waals surface area contributed by atoms with Gasteiger partial charge in [0, 0.05) is 35.1 Å². The summed E-state index contributed by atoms with van der Waals surface area (Å²) in [6.07, 6.45) is 1.95. The van der Waals surface area contributed by atoms with Crippen molar-refractivity contribution in [3.05, 3.63) is 79.0 Å². The number of nitrogens with zero attached hydrogens (tertiary/aromatic N) is 3. The maximum atomic E-state index is 10.2. The fourth-order valence-corrected chi connectivity index (χ4v) is 4.21. The Kier molecular flexibility index (Phi) is 3.47. The second-order valence-electron chi connectivity index (χ2n) is 7.46. The van der Waals surface area contributed by atoms with Gasteiger partial charge in [0.1, 0.15) is 17.1 Å². The van der Waals surface area contributed by atoms with E-state index in [0.717, 1.165) is 50.0 Å². The third kappa shape index (κ3) is 2.35. The molecule has 5 nitrogen and oxygen atoms in total. The van der Waals surface area contributed by atoms with Crippen LogP contribution in [0.4, 0.5) is 0 Å². The molecule has 5 heteroatoms. The average molecular weight is 390 g/mol. The molecule has 6 rings (SSSR count). The molecule has 0 aliphatic rings. The zero-order chi connectivity index (χ0) is 20.2. The number of fused-ring (bicyclic) bond motifs is 3. The van der Waals surface area contributed by atoms with E-state index < -0.39 is 0 Å². The van der Waals surface area contributed by atoms with Crippen LogP contribution in [0.1, 0.15) is 0 Å². The van der Waals surface area contributed by atoms with Crippen LogP contribution in [0.15, 0.2) is 79.0 Å². The number of hydrogen-bond donors (Lipinski definition) is 2. The molecule has 3 aromatic heterocycles. The molecule has 0 amide bonds. The van der Waals surface area contributed by atoms with Gasteiger partial charge in [-0.1, -0.05) is 42.5 Å². The third-order valence-corrected chi connectivity index (χ3v) is 5.71. The number of aromatic nitrogens is 4. The number of phenols is 1. The molecule has 3 aromatic carbocycles. The van der Waals surface area contributed by atoms with Crippen molar-refractivity contribution in [1.29, 1.82) is 0 Å². The van der Waals surface area contributed by atoms with Crippen LogP contribution in [0.25, 0.3) is 55.5 Å². The maximum absolute atomic E-state index is 10.2. The predicted octanol–water partition coefficient (Wildman–Crippen LogP) is 5.64. The van der Waals surface area contributed by atoms with E-state index in [0.29, 0.717) is 5.52 Å². The summed E-state index contributed by atoms with van der Waals surface area (Å²) < 4.78 is 2.12. The molecule has 0 fully saturated rings. The number of benzene rings is 3.